The van der Waals surface area contributed by atoms with Crippen LogP contribution in [0.15, 0.2) is 0 Å². The van der Waals surface area contributed by atoms with Crippen molar-refractivity contribution in [3.05, 3.63) is 0 Å². The number of carbonyl (C=O) groups is 1. The second-order valence-corrected chi connectivity index (χ2v) is 6.05. The minimum absolute atomic E-state index is 0.226. The molecule has 8 heteroatoms. The normalized spacial score (nSPS) is 19.5. The first-order chi connectivity index (χ1) is 8.38. The molecule has 0 bridgehead atoms. The maximum absolute atomic E-state index is 12.0. The van der Waals surface area contributed by atoms with E-state index in [4.69, 9.17) is 0 Å². The molecular formula is C10H22N4O3S. The van der Waals surface area contributed by atoms with E-state index < -0.39 is 16.3 Å². The highest BCUT2D eigenvalue weighted by Gasteiger charge is 2.28. The molecule has 1 amide bonds. The van der Waals surface area contributed by atoms with Crippen molar-refractivity contribution in [2.75, 3.05) is 39.8 Å². The van der Waals surface area contributed by atoms with Crippen molar-refractivity contribution >= 4 is 16.1 Å². The Morgan fingerprint density at radius 1 is 1.44 bits per heavy atom. The van der Waals surface area contributed by atoms with Crippen LogP contribution in [-0.2, 0) is 15.0 Å². The van der Waals surface area contributed by atoms with Gasteiger partial charge in [0, 0.05) is 39.8 Å². The molecule has 0 saturated carbocycles. The standard InChI is InChI=1S/C10H22N4O3S/c1-4-13(3)10(15)9(2)12-18(16,17)14-7-5-11-6-8-14/h9,11-12H,4-8H2,1-3H3. The van der Waals surface area contributed by atoms with Gasteiger partial charge in [-0.1, -0.05) is 0 Å². The van der Waals surface area contributed by atoms with E-state index in [0.29, 0.717) is 32.7 Å². The molecule has 0 aromatic carbocycles. The molecular weight excluding hydrogens is 256 g/mol. The van der Waals surface area contributed by atoms with E-state index in [1.165, 1.54) is 9.21 Å². The highest BCUT2D eigenvalue weighted by Crippen LogP contribution is 2.02. The maximum atomic E-state index is 12.0. The minimum atomic E-state index is -3.57. The smallest absolute Gasteiger partial charge is 0.280 e. The number of nitrogens with one attached hydrogen (secondary N) is 2. The molecule has 1 unspecified atom stereocenters. The van der Waals surface area contributed by atoms with Gasteiger partial charge in [-0.05, 0) is 13.8 Å². The van der Waals surface area contributed by atoms with E-state index in [0.717, 1.165) is 0 Å². The van der Waals surface area contributed by atoms with Crippen molar-refractivity contribution in [2.45, 2.75) is 19.9 Å². The molecule has 0 aliphatic carbocycles. The van der Waals surface area contributed by atoms with E-state index in [2.05, 4.69) is 10.0 Å². The van der Waals surface area contributed by atoms with Gasteiger partial charge in [-0.2, -0.15) is 17.4 Å². The first-order valence-corrected chi connectivity index (χ1v) is 7.55. The Hall–Kier alpha value is -0.700. The van der Waals surface area contributed by atoms with E-state index in [-0.39, 0.29) is 5.91 Å². The molecule has 0 spiro atoms. The highest BCUT2D eigenvalue weighted by atomic mass is 32.2. The van der Waals surface area contributed by atoms with E-state index >= 15 is 0 Å². The fraction of sp³-hybridized carbons (Fsp3) is 0.900. The molecule has 0 aromatic heterocycles. The Morgan fingerprint density at radius 3 is 2.50 bits per heavy atom. The molecule has 7 nitrogen and oxygen atoms in total. The van der Waals surface area contributed by atoms with Crippen molar-refractivity contribution in [1.29, 1.82) is 0 Å². The summed E-state index contributed by atoms with van der Waals surface area (Å²) in [7, 11) is -1.92. The Labute approximate surface area is 109 Å². The van der Waals surface area contributed by atoms with Gasteiger partial charge in [0.1, 0.15) is 0 Å². The van der Waals surface area contributed by atoms with Gasteiger partial charge >= 0.3 is 0 Å². The summed E-state index contributed by atoms with van der Waals surface area (Å²) < 4.78 is 27.8. The Balaban J connectivity index is 2.61. The molecule has 2 N–H and O–H groups in total. The molecule has 1 rings (SSSR count). The Morgan fingerprint density at radius 2 is 2.00 bits per heavy atom. The summed E-state index contributed by atoms with van der Waals surface area (Å²) in [5.41, 5.74) is 0. The zero-order chi connectivity index (χ0) is 13.8. The third-order valence-electron chi connectivity index (χ3n) is 2.96. The second-order valence-electron chi connectivity index (χ2n) is 4.35. The lowest BCUT2D eigenvalue weighted by Gasteiger charge is -2.28. The number of amides is 1. The van der Waals surface area contributed by atoms with Crippen molar-refractivity contribution < 1.29 is 13.2 Å². The van der Waals surface area contributed by atoms with Crippen LogP contribution in [0.5, 0.6) is 0 Å². The van der Waals surface area contributed by atoms with Crippen LogP contribution in [0.25, 0.3) is 0 Å². The van der Waals surface area contributed by atoms with Crippen LogP contribution < -0.4 is 10.0 Å². The summed E-state index contributed by atoms with van der Waals surface area (Å²) in [6, 6.07) is -0.741. The van der Waals surface area contributed by atoms with Crippen LogP contribution in [0.4, 0.5) is 0 Å². The summed E-state index contributed by atoms with van der Waals surface area (Å²) >= 11 is 0. The van der Waals surface area contributed by atoms with Gasteiger partial charge in [-0.25, -0.2) is 0 Å². The van der Waals surface area contributed by atoms with Gasteiger partial charge in [0.05, 0.1) is 6.04 Å². The Kier molecular flexibility index (Phi) is 5.51. The van der Waals surface area contributed by atoms with E-state index in [9.17, 15) is 13.2 Å². The van der Waals surface area contributed by atoms with Gasteiger partial charge in [-0.3, -0.25) is 4.79 Å². The summed E-state index contributed by atoms with van der Waals surface area (Å²) in [5, 5.41) is 3.08. The number of piperazine rings is 1. The van der Waals surface area contributed by atoms with Gasteiger partial charge in [0.2, 0.25) is 5.91 Å². The van der Waals surface area contributed by atoms with E-state index in [1.54, 1.807) is 14.0 Å². The van der Waals surface area contributed by atoms with Crippen LogP contribution in [0, 0.1) is 0 Å². The third-order valence-corrected chi connectivity index (χ3v) is 4.66. The highest BCUT2D eigenvalue weighted by molar-refractivity contribution is 7.87. The SMILES string of the molecule is CCN(C)C(=O)C(C)NS(=O)(=O)N1CCNCC1. The lowest BCUT2D eigenvalue weighted by molar-refractivity contribution is -0.131. The van der Waals surface area contributed by atoms with Gasteiger partial charge in [0.15, 0.2) is 0 Å². The van der Waals surface area contributed by atoms with Crippen LogP contribution >= 0.6 is 0 Å². The zero-order valence-electron chi connectivity index (χ0n) is 11.1. The monoisotopic (exact) mass is 278 g/mol. The topological polar surface area (TPSA) is 81.8 Å². The number of carbonyl (C=O) groups excluding carboxylic acids is 1. The molecule has 106 valence electrons. The van der Waals surface area contributed by atoms with Crippen molar-refractivity contribution in [3.8, 4) is 0 Å². The molecule has 1 aliphatic rings. The maximum Gasteiger partial charge on any atom is 0.280 e. The molecule has 1 saturated heterocycles. The quantitative estimate of drug-likeness (QED) is 0.647. The minimum Gasteiger partial charge on any atom is -0.345 e. The summed E-state index contributed by atoms with van der Waals surface area (Å²) in [4.78, 5) is 13.3. The molecule has 1 aliphatic heterocycles. The number of hydrogen-bond acceptors (Lipinski definition) is 4. The third kappa shape index (κ3) is 3.91. The molecule has 1 heterocycles. The summed E-state index contributed by atoms with van der Waals surface area (Å²) in [6.07, 6.45) is 0. The molecule has 0 radical (unpaired) electrons. The van der Waals surface area contributed by atoms with Crippen LogP contribution in [0.2, 0.25) is 0 Å². The van der Waals surface area contributed by atoms with Crippen molar-refractivity contribution in [2.24, 2.45) is 0 Å². The Bertz CT molecular complexity index is 379. The summed E-state index contributed by atoms with van der Waals surface area (Å²) in [5.74, 6) is -0.226. The van der Waals surface area contributed by atoms with Gasteiger partial charge in [0.25, 0.3) is 10.2 Å². The average molecular weight is 278 g/mol. The largest absolute Gasteiger partial charge is 0.345 e. The lowest BCUT2D eigenvalue weighted by atomic mass is 10.3. The van der Waals surface area contributed by atoms with Gasteiger partial charge < -0.3 is 10.2 Å². The number of nitrogens with zero attached hydrogens (tertiary/aromatic N) is 2. The molecule has 1 atom stereocenters. The van der Waals surface area contributed by atoms with E-state index in [1.807, 2.05) is 6.92 Å². The summed E-state index contributed by atoms with van der Waals surface area (Å²) in [6.45, 7) is 6.10. The first-order valence-electron chi connectivity index (χ1n) is 6.11. The van der Waals surface area contributed by atoms with Crippen molar-refractivity contribution in [3.63, 3.8) is 0 Å². The predicted octanol–water partition coefficient (Wildman–Crippen LogP) is -1.41. The number of hydrogen-bond donors (Lipinski definition) is 2. The fourth-order valence-corrected chi connectivity index (χ4v) is 3.08. The lowest BCUT2D eigenvalue weighted by Crippen LogP contribution is -2.54. The van der Waals surface area contributed by atoms with Crippen LogP contribution in [0.1, 0.15) is 13.8 Å². The van der Waals surface area contributed by atoms with Crippen LogP contribution in [0.3, 0.4) is 0 Å². The molecule has 0 aromatic rings. The first kappa shape index (κ1) is 15.4. The zero-order valence-corrected chi connectivity index (χ0v) is 12.0. The number of likely N-dealkylation sites (N-methyl/N-ethyl adjacent to an activating group) is 1. The fourth-order valence-electron chi connectivity index (χ4n) is 1.72. The average Bonchev–Trinajstić information content (AvgIpc) is 2.37. The number of rotatable bonds is 5. The molecule has 18 heavy (non-hydrogen) atoms. The molecule has 1 fully saturated rings. The van der Waals surface area contributed by atoms with Gasteiger partial charge in [-0.15, -0.1) is 0 Å². The van der Waals surface area contributed by atoms with Crippen molar-refractivity contribution in [1.82, 2.24) is 19.2 Å². The second kappa shape index (κ2) is 6.46. The predicted molar refractivity (Wildman–Crippen MR) is 69.3 cm³/mol. The van der Waals surface area contributed by atoms with Crippen LogP contribution in [-0.4, -0.2) is 69.3 Å².